The standard InChI is InChI=1S/C18H27N5O3/c1-3-26-18(25)23-12-10-21(11-13-23)15-4-5-16(19-14-15)17(24)22-8-6-20(2)7-9-22/h4-5,14H,3,6-13H2,1-2H3. The van der Waals surface area contributed by atoms with Crippen LogP contribution in [0.15, 0.2) is 18.3 Å². The molecule has 1 aromatic heterocycles. The Morgan fingerprint density at radius 3 is 2.23 bits per heavy atom. The molecule has 0 aromatic carbocycles. The highest BCUT2D eigenvalue weighted by Gasteiger charge is 2.24. The van der Waals surface area contributed by atoms with Gasteiger partial charge in [-0.25, -0.2) is 9.78 Å². The van der Waals surface area contributed by atoms with Gasteiger partial charge in [-0.3, -0.25) is 4.79 Å². The molecule has 8 heteroatoms. The molecule has 0 N–H and O–H groups in total. The Balaban J connectivity index is 1.55. The molecule has 2 fully saturated rings. The number of aromatic nitrogens is 1. The fourth-order valence-corrected chi connectivity index (χ4v) is 3.23. The fourth-order valence-electron chi connectivity index (χ4n) is 3.23. The number of carbonyl (C=O) groups is 2. The third kappa shape index (κ3) is 4.24. The molecule has 2 aliphatic rings. The minimum atomic E-state index is -0.251. The molecule has 1 aromatic rings. The van der Waals surface area contributed by atoms with Gasteiger partial charge in [0, 0.05) is 52.4 Å². The molecule has 3 heterocycles. The summed E-state index contributed by atoms with van der Waals surface area (Å²) in [5.74, 6) is -0.00298. The van der Waals surface area contributed by atoms with Gasteiger partial charge in [-0.2, -0.15) is 0 Å². The predicted molar refractivity (Wildman–Crippen MR) is 98.4 cm³/mol. The second-order valence-corrected chi connectivity index (χ2v) is 6.67. The lowest BCUT2D eigenvalue weighted by Crippen LogP contribution is -2.49. The van der Waals surface area contributed by atoms with Gasteiger partial charge in [0.2, 0.25) is 0 Å². The minimum Gasteiger partial charge on any atom is -0.450 e. The summed E-state index contributed by atoms with van der Waals surface area (Å²) in [7, 11) is 2.07. The predicted octanol–water partition coefficient (Wildman–Crippen LogP) is 0.748. The molecule has 3 rings (SSSR count). The fraction of sp³-hybridized carbons (Fsp3) is 0.611. The quantitative estimate of drug-likeness (QED) is 0.791. The Bertz CT molecular complexity index is 620. The van der Waals surface area contributed by atoms with Crippen LogP contribution in [0.3, 0.4) is 0 Å². The van der Waals surface area contributed by atoms with Crippen LogP contribution in [-0.2, 0) is 4.74 Å². The summed E-state index contributed by atoms with van der Waals surface area (Å²) in [5, 5.41) is 0. The average molecular weight is 361 g/mol. The largest absolute Gasteiger partial charge is 0.450 e. The van der Waals surface area contributed by atoms with E-state index in [-0.39, 0.29) is 12.0 Å². The zero-order valence-corrected chi connectivity index (χ0v) is 15.6. The van der Waals surface area contributed by atoms with E-state index in [9.17, 15) is 9.59 Å². The molecule has 8 nitrogen and oxygen atoms in total. The van der Waals surface area contributed by atoms with Gasteiger partial charge >= 0.3 is 6.09 Å². The van der Waals surface area contributed by atoms with E-state index < -0.39 is 0 Å². The van der Waals surface area contributed by atoms with Crippen LogP contribution in [-0.4, -0.2) is 97.7 Å². The van der Waals surface area contributed by atoms with Crippen LogP contribution in [0.4, 0.5) is 10.5 Å². The number of amides is 2. The summed E-state index contributed by atoms with van der Waals surface area (Å²) in [5.41, 5.74) is 1.46. The van der Waals surface area contributed by atoms with E-state index in [4.69, 9.17) is 4.74 Å². The number of hydrogen-bond donors (Lipinski definition) is 0. The summed E-state index contributed by atoms with van der Waals surface area (Å²) in [4.78, 5) is 36.7. The number of hydrogen-bond acceptors (Lipinski definition) is 6. The zero-order chi connectivity index (χ0) is 18.5. The first-order valence-electron chi connectivity index (χ1n) is 9.19. The maximum Gasteiger partial charge on any atom is 0.409 e. The van der Waals surface area contributed by atoms with E-state index >= 15 is 0 Å². The van der Waals surface area contributed by atoms with Crippen molar-refractivity contribution in [3.05, 3.63) is 24.0 Å². The van der Waals surface area contributed by atoms with E-state index in [2.05, 4.69) is 21.8 Å². The first-order chi connectivity index (χ1) is 12.6. The van der Waals surface area contributed by atoms with Gasteiger partial charge in [-0.15, -0.1) is 0 Å². The van der Waals surface area contributed by atoms with Gasteiger partial charge < -0.3 is 24.3 Å². The third-order valence-corrected chi connectivity index (χ3v) is 4.93. The van der Waals surface area contributed by atoms with Crippen molar-refractivity contribution >= 4 is 17.7 Å². The first kappa shape index (κ1) is 18.4. The molecule has 142 valence electrons. The number of pyridine rings is 1. The maximum absolute atomic E-state index is 12.5. The summed E-state index contributed by atoms with van der Waals surface area (Å²) in [6, 6.07) is 3.74. The number of anilines is 1. The zero-order valence-electron chi connectivity index (χ0n) is 15.6. The van der Waals surface area contributed by atoms with Gasteiger partial charge in [0.1, 0.15) is 5.69 Å². The van der Waals surface area contributed by atoms with E-state index in [0.717, 1.165) is 45.0 Å². The van der Waals surface area contributed by atoms with Crippen molar-refractivity contribution in [1.29, 1.82) is 0 Å². The highest BCUT2D eigenvalue weighted by atomic mass is 16.6. The molecule has 2 saturated heterocycles. The first-order valence-corrected chi connectivity index (χ1v) is 9.19. The lowest BCUT2D eigenvalue weighted by molar-refractivity contribution is 0.0658. The van der Waals surface area contributed by atoms with Crippen molar-refractivity contribution in [2.24, 2.45) is 0 Å². The summed E-state index contributed by atoms with van der Waals surface area (Å²) >= 11 is 0. The van der Waals surface area contributed by atoms with Gasteiger partial charge in [0.15, 0.2) is 0 Å². The van der Waals surface area contributed by atoms with E-state index in [1.807, 2.05) is 17.9 Å². The van der Waals surface area contributed by atoms with Gasteiger partial charge in [-0.1, -0.05) is 0 Å². The number of piperazine rings is 2. The average Bonchev–Trinajstić information content (AvgIpc) is 2.68. The van der Waals surface area contributed by atoms with Crippen LogP contribution in [0, 0.1) is 0 Å². The van der Waals surface area contributed by atoms with Gasteiger partial charge in [-0.05, 0) is 26.1 Å². The highest BCUT2D eigenvalue weighted by Crippen LogP contribution is 2.17. The topological polar surface area (TPSA) is 69.2 Å². The lowest BCUT2D eigenvalue weighted by Gasteiger charge is -2.35. The van der Waals surface area contributed by atoms with Crippen molar-refractivity contribution in [2.75, 3.05) is 70.9 Å². The maximum atomic E-state index is 12.5. The number of rotatable bonds is 3. The summed E-state index contributed by atoms with van der Waals surface area (Å²) in [6.45, 7) is 8.20. The smallest absolute Gasteiger partial charge is 0.409 e. The second kappa shape index (κ2) is 8.35. The number of ether oxygens (including phenoxy) is 1. The lowest BCUT2D eigenvalue weighted by atomic mass is 10.2. The molecule has 2 aliphatic heterocycles. The number of likely N-dealkylation sites (N-methyl/N-ethyl adjacent to an activating group) is 1. The molecule has 2 amide bonds. The monoisotopic (exact) mass is 361 g/mol. The van der Waals surface area contributed by atoms with Crippen LogP contribution in [0.5, 0.6) is 0 Å². The number of nitrogens with zero attached hydrogens (tertiary/aromatic N) is 5. The molecule has 0 aliphatic carbocycles. The second-order valence-electron chi connectivity index (χ2n) is 6.67. The molecular weight excluding hydrogens is 334 g/mol. The van der Waals surface area contributed by atoms with Gasteiger partial charge in [0.05, 0.1) is 18.5 Å². The Kier molecular flexibility index (Phi) is 5.92. The molecule has 0 bridgehead atoms. The third-order valence-electron chi connectivity index (χ3n) is 4.93. The normalized spacial score (nSPS) is 18.8. The van der Waals surface area contributed by atoms with Crippen LogP contribution >= 0.6 is 0 Å². The molecule has 26 heavy (non-hydrogen) atoms. The molecule has 0 unspecified atom stereocenters. The van der Waals surface area contributed by atoms with Crippen molar-refractivity contribution in [3.8, 4) is 0 Å². The van der Waals surface area contributed by atoms with Crippen molar-refractivity contribution in [1.82, 2.24) is 19.7 Å². The minimum absolute atomic E-state index is 0.00298. The Morgan fingerprint density at radius 1 is 1.00 bits per heavy atom. The van der Waals surface area contributed by atoms with Crippen LogP contribution in [0.25, 0.3) is 0 Å². The van der Waals surface area contributed by atoms with Crippen LogP contribution < -0.4 is 4.90 Å². The Hall–Kier alpha value is -2.35. The van der Waals surface area contributed by atoms with Crippen LogP contribution in [0.2, 0.25) is 0 Å². The molecular formula is C18H27N5O3. The van der Waals surface area contributed by atoms with Crippen LogP contribution in [0.1, 0.15) is 17.4 Å². The van der Waals surface area contributed by atoms with E-state index in [1.54, 1.807) is 17.2 Å². The Morgan fingerprint density at radius 2 is 1.65 bits per heavy atom. The van der Waals surface area contributed by atoms with E-state index in [1.165, 1.54) is 0 Å². The summed E-state index contributed by atoms with van der Waals surface area (Å²) < 4.78 is 5.04. The molecule has 0 atom stereocenters. The highest BCUT2D eigenvalue weighted by molar-refractivity contribution is 5.92. The number of carbonyl (C=O) groups excluding carboxylic acids is 2. The molecule has 0 spiro atoms. The van der Waals surface area contributed by atoms with Crippen molar-refractivity contribution < 1.29 is 14.3 Å². The molecule has 0 saturated carbocycles. The molecule has 0 radical (unpaired) electrons. The van der Waals surface area contributed by atoms with Crippen molar-refractivity contribution in [3.63, 3.8) is 0 Å². The Labute approximate surface area is 154 Å². The SMILES string of the molecule is CCOC(=O)N1CCN(c2ccc(C(=O)N3CCN(C)CC3)nc2)CC1. The summed E-state index contributed by atoms with van der Waals surface area (Å²) in [6.07, 6.45) is 1.50. The van der Waals surface area contributed by atoms with Crippen molar-refractivity contribution in [2.45, 2.75) is 6.92 Å². The van der Waals surface area contributed by atoms with E-state index in [0.29, 0.717) is 25.4 Å². The van der Waals surface area contributed by atoms with Gasteiger partial charge in [0.25, 0.3) is 5.91 Å².